The molecule has 2 aliphatic rings. The number of amides is 1. The molecule has 2 aromatic heterocycles. The lowest BCUT2D eigenvalue weighted by Gasteiger charge is -2.51. The number of nitrogens with one attached hydrogen (secondary N) is 1. The molecule has 2 atom stereocenters. The van der Waals surface area contributed by atoms with Crippen LogP contribution in [0.4, 0.5) is 5.82 Å². The van der Waals surface area contributed by atoms with Crippen LogP contribution in [0.3, 0.4) is 0 Å². The van der Waals surface area contributed by atoms with E-state index in [1.54, 1.807) is 0 Å². The highest BCUT2D eigenvalue weighted by Crippen LogP contribution is 2.56. The Balaban J connectivity index is 1.56. The number of aromatic nitrogens is 3. The van der Waals surface area contributed by atoms with E-state index >= 15 is 0 Å². The third kappa shape index (κ3) is 2.51. The van der Waals surface area contributed by atoms with Crippen molar-refractivity contribution in [3.63, 3.8) is 0 Å². The molecule has 3 aromatic rings. The fourth-order valence-electron chi connectivity index (χ4n) is 5.80. The van der Waals surface area contributed by atoms with Crippen molar-refractivity contribution >= 4 is 11.7 Å². The number of carbonyl (C=O) groups excluding carboxylic acids is 1. The summed E-state index contributed by atoms with van der Waals surface area (Å²) >= 11 is 0. The average Bonchev–Trinajstić information content (AvgIpc) is 3.28. The number of aryl methyl sites for hydroxylation is 1. The Morgan fingerprint density at radius 3 is 2.76 bits per heavy atom. The monoisotopic (exact) mass is 390 g/mol. The first-order valence-corrected chi connectivity index (χ1v) is 10.2. The minimum absolute atomic E-state index is 0.103. The molecule has 0 spiro atoms. The minimum Gasteiger partial charge on any atom is -0.361 e. The highest BCUT2D eigenvalue weighted by atomic mass is 16.5. The number of fused-ring (bicyclic) bond motifs is 4. The molecule has 0 aliphatic heterocycles. The van der Waals surface area contributed by atoms with Gasteiger partial charge in [-0.25, -0.2) is 0 Å². The standard InChI is InChI=1S/C23H26N4O2/c1-22(2)17-11-10-16-18(23(17,3)12-15-13-24-29-19(15)22)26-27(4)20(16)25-21(28)14-8-6-5-7-9-14/h5-9,13,17H,10-12H2,1-4H3,(H,25,28)/t17-,23-/m0/s1. The Hall–Kier alpha value is -2.89. The van der Waals surface area contributed by atoms with Crippen molar-refractivity contribution in [3.05, 3.63) is 64.7 Å². The van der Waals surface area contributed by atoms with Gasteiger partial charge >= 0.3 is 0 Å². The van der Waals surface area contributed by atoms with Crippen molar-refractivity contribution in [2.75, 3.05) is 5.32 Å². The van der Waals surface area contributed by atoms with Gasteiger partial charge in [0.25, 0.3) is 5.91 Å². The predicted octanol–water partition coefficient (Wildman–Crippen LogP) is 4.01. The van der Waals surface area contributed by atoms with Crippen LogP contribution in [0, 0.1) is 5.92 Å². The SMILES string of the molecule is Cn1nc2c(c1NC(=O)c1ccccc1)CC[C@H]1C(C)(C)c3oncc3C[C@]21C. The molecule has 0 radical (unpaired) electrons. The van der Waals surface area contributed by atoms with Gasteiger partial charge in [0.1, 0.15) is 11.6 Å². The van der Waals surface area contributed by atoms with E-state index in [9.17, 15) is 4.79 Å². The van der Waals surface area contributed by atoms with E-state index in [1.165, 1.54) is 5.56 Å². The quantitative estimate of drug-likeness (QED) is 0.717. The largest absolute Gasteiger partial charge is 0.361 e. The summed E-state index contributed by atoms with van der Waals surface area (Å²) in [5.74, 6) is 2.11. The molecule has 0 bridgehead atoms. The predicted molar refractivity (Wildman–Crippen MR) is 110 cm³/mol. The van der Waals surface area contributed by atoms with E-state index < -0.39 is 0 Å². The zero-order chi connectivity index (χ0) is 20.4. The lowest BCUT2D eigenvalue weighted by molar-refractivity contribution is 0.102. The first kappa shape index (κ1) is 18.2. The molecule has 5 rings (SSSR count). The summed E-state index contributed by atoms with van der Waals surface area (Å²) in [4.78, 5) is 12.8. The Morgan fingerprint density at radius 2 is 2.00 bits per heavy atom. The maximum Gasteiger partial charge on any atom is 0.256 e. The van der Waals surface area contributed by atoms with E-state index in [0.29, 0.717) is 11.5 Å². The summed E-state index contributed by atoms with van der Waals surface area (Å²) in [7, 11) is 1.91. The van der Waals surface area contributed by atoms with Crippen molar-refractivity contribution in [1.82, 2.24) is 14.9 Å². The number of nitrogens with zero attached hydrogens (tertiary/aromatic N) is 3. The van der Waals surface area contributed by atoms with Crippen molar-refractivity contribution in [3.8, 4) is 0 Å². The van der Waals surface area contributed by atoms with Crippen molar-refractivity contribution in [2.24, 2.45) is 13.0 Å². The second kappa shape index (κ2) is 6.05. The zero-order valence-corrected chi connectivity index (χ0v) is 17.3. The van der Waals surface area contributed by atoms with Crippen LogP contribution in [-0.4, -0.2) is 20.8 Å². The summed E-state index contributed by atoms with van der Waals surface area (Å²) in [6.07, 6.45) is 4.63. The molecule has 150 valence electrons. The highest BCUT2D eigenvalue weighted by molar-refractivity contribution is 6.04. The molecule has 0 saturated carbocycles. The lowest BCUT2D eigenvalue weighted by atomic mass is 9.52. The highest BCUT2D eigenvalue weighted by Gasteiger charge is 2.55. The third-order valence-corrected chi connectivity index (χ3v) is 7.06. The van der Waals surface area contributed by atoms with Gasteiger partial charge in [-0.2, -0.15) is 5.10 Å². The van der Waals surface area contributed by atoms with Crippen LogP contribution in [0.5, 0.6) is 0 Å². The number of benzene rings is 1. The maximum absolute atomic E-state index is 12.8. The van der Waals surface area contributed by atoms with Crippen LogP contribution in [0.2, 0.25) is 0 Å². The Bertz CT molecular complexity index is 1100. The normalized spacial score (nSPS) is 24.3. The third-order valence-electron chi connectivity index (χ3n) is 7.06. The van der Waals surface area contributed by atoms with Gasteiger partial charge in [0.05, 0.1) is 11.9 Å². The molecule has 2 heterocycles. The van der Waals surface area contributed by atoms with Crippen molar-refractivity contribution < 1.29 is 9.32 Å². The molecule has 1 N–H and O–H groups in total. The van der Waals surface area contributed by atoms with Crippen LogP contribution in [0.1, 0.15) is 60.1 Å². The first-order valence-electron chi connectivity index (χ1n) is 10.2. The van der Waals surface area contributed by atoms with Gasteiger partial charge in [0.2, 0.25) is 0 Å². The summed E-state index contributed by atoms with van der Waals surface area (Å²) in [6.45, 7) is 6.82. The fourth-order valence-corrected chi connectivity index (χ4v) is 5.80. The van der Waals surface area contributed by atoms with Gasteiger partial charge in [-0.05, 0) is 37.3 Å². The van der Waals surface area contributed by atoms with E-state index in [2.05, 4.69) is 31.2 Å². The number of hydrogen-bond acceptors (Lipinski definition) is 4. The van der Waals surface area contributed by atoms with Gasteiger partial charge in [-0.15, -0.1) is 0 Å². The van der Waals surface area contributed by atoms with Crippen molar-refractivity contribution in [2.45, 2.75) is 50.9 Å². The molecule has 0 unspecified atom stereocenters. The van der Waals surface area contributed by atoms with Gasteiger partial charge in [-0.1, -0.05) is 44.1 Å². The van der Waals surface area contributed by atoms with Gasteiger partial charge in [0.15, 0.2) is 0 Å². The zero-order valence-electron chi connectivity index (χ0n) is 17.3. The van der Waals surface area contributed by atoms with Crippen LogP contribution < -0.4 is 5.32 Å². The Kier molecular flexibility index (Phi) is 3.79. The van der Waals surface area contributed by atoms with E-state index in [0.717, 1.165) is 42.1 Å². The molecule has 0 saturated heterocycles. The van der Waals surface area contributed by atoms with Crippen LogP contribution in [0.15, 0.2) is 41.1 Å². The summed E-state index contributed by atoms with van der Waals surface area (Å²) in [6, 6.07) is 9.31. The fraction of sp³-hybridized carbons (Fsp3) is 0.435. The van der Waals surface area contributed by atoms with E-state index in [4.69, 9.17) is 9.62 Å². The Labute approximate surface area is 170 Å². The molecule has 1 amide bonds. The summed E-state index contributed by atoms with van der Waals surface area (Å²) < 4.78 is 7.48. The molecular formula is C23H26N4O2. The van der Waals surface area contributed by atoms with Gasteiger partial charge in [-0.3, -0.25) is 9.48 Å². The smallest absolute Gasteiger partial charge is 0.256 e. The number of carbonyl (C=O) groups is 1. The average molecular weight is 390 g/mol. The van der Waals surface area contributed by atoms with Crippen molar-refractivity contribution in [1.29, 1.82) is 0 Å². The summed E-state index contributed by atoms with van der Waals surface area (Å²) in [5, 5.41) is 12.1. The van der Waals surface area contributed by atoms with Crippen LogP contribution in [-0.2, 0) is 30.7 Å². The van der Waals surface area contributed by atoms with Gasteiger partial charge in [0, 0.05) is 34.6 Å². The molecular weight excluding hydrogens is 364 g/mol. The second-order valence-electron chi connectivity index (χ2n) is 9.21. The maximum atomic E-state index is 12.8. The first-order chi connectivity index (χ1) is 13.8. The van der Waals surface area contributed by atoms with E-state index in [-0.39, 0.29) is 16.7 Å². The lowest BCUT2D eigenvalue weighted by Crippen LogP contribution is -2.51. The second-order valence-corrected chi connectivity index (χ2v) is 9.21. The van der Waals surface area contributed by atoms with Crippen LogP contribution in [0.25, 0.3) is 0 Å². The molecule has 6 nitrogen and oxygen atoms in total. The van der Waals surface area contributed by atoms with E-state index in [1.807, 2.05) is 48.3 Å². The molecule has 29 heavy (non-hydrogen) atoms. The molecule has 1 aromatic carbocycles. The number of rotatable bonds is 2. The topological polar surface area (TPSA) is 73.0 Å². The minimum atomic E-state index is -0.122. The number of hydrogen-bond donors (Lipinski definition) is 1. The molecule has 0 fully saturated rings. The molecule has 6 heteroatoms. The van der Waals surface area contributed by atoms with Crippen LogP contribution >= 0.6 is 0 Å². The summed E-state index contributed by atoms with van der Waals surface area (Å²) in [5.41, 5.74) is 3.84. The van der Waals surface area contributed by atoms with Gasteiger partial charge < -0.3 is 9.84 Å². The Morgan fingerprint density at radius 1 is 1.24 bits per heavy atom. The number of anilines is 1. The molecule has 2 aliphatic carbocycles.